The Hall–Kier alpha value is -0.0800. The van der Waals surface area contributed by atoms with Gasteiger partial charge in [-0.1, -0.05) is 13.3 Å². The van der Waals surface area contributed by atoms with Crippen molar-refractivity contribution in [3.8, 4) is 0 Å². The predicted octanol–water partition coefficient (Wildman–Crippen LogP) is 1.81. The zero-order chi connectivity index (χ0) is 10.3. The van der Waals surface area contributed by atoms with E-state index in [9.17, 15) is 0 Å². The molecule has 3 rings (SSSR count). The van der Waals surface area contributed by atoms with Crippen molar-refractivity contribution in [3.05, 3.63) is 0 Å². The second-order valence-electron chi connectivity index (χ2n) is 5.71. The van der Waals surface area contributed by atoms with Crippen LogP contribution in [0.25, 0.3) is 0 Å². The summed E-state index contributed by atoms with van der Waals surface area (Å²) in [7, 11) is 0. The first-order valence-electron chi connectivity index (χ1n) is 6.83. The van der Waals surface area contributed by atoms with Crippen LogP contribution in [-0.2, 0) is 0 Å². The molecule has 0 unspecified atom stereocenters. The Labute approximate surface area is 93.6 Å². The van der Waals surface area contributed by atoms with Gasteiger partial charge in [0.2, 0.25) is 0 Å². The van der Waals surface area contributed by atoms with Gasteiger partial charge in [-0.05, 0) is 37.6 Å². The maximum absolute atomic E-state index is 2.80. The van der Waals surface area contributed by atoms with Crippen LogP contribution in [0.1, 0.15) is 32.6 Å². The highest BCUT2D eigenvalue weighted by Gasteiger charge is 2.42. The minimum absolute atomic E-state index is 0.975. The van der Waals surface area contributed by atoms with Crippen molar-refractivity contribution < 1.29 is 0 Å². The minimum Gasteiger partial charge on any atom is -0.301 e. The standard InChI is InChI=1S/C13H24N2/c1-2-14-5-7-15(8-6-14)13-10-11-3-4-12(13)9-11/h11-13H,2-10H2,1H3/t11-,12+,13+/m0/s1. The number of fused-ring (bicyclic) bond motifs is 2. The summed E-state index contributed by atoms with van der Waals surface area (Å²) in [5.74, 6) is 2.17. The third-order valence-corrected chi connectivity index (χ3v) is 5.02. The first-order valence-corrected chi connectivity index (χ1v) is 6.83. The molecule has 0 aromatic heterocycles. The smallest absolute Gasteiger partial charge is 0.0127 e. The van der Waals surface area contributed by atoms with Crippen molar-refractivity contribution in [3.63, 3.8) is 0 Å². The van der Waals surface area contributed by atoms with Gasteiger partial charge in [0.25, 0.3) is 0 Å². The highest BCUT2D eigenvalue weighted by molar-refractivity contribution is 4.96. The molecule has 1 saturated heterocycles. The summed E-state index contributed by atoms with van der Waals surface area (Å²) >= 11 is 0. The maximum Gasteiger partial charge on any atom is 0.0127 e. The Morgan fingerprint density at radius 3 is 2.33 bits per heavy atom. The second-order valence-corrected chi connectivity index (χ2v) is 5.71. The van der Waals surface area contributed by atoms with E-state index in [1.165, 1.54) is 52.0 Å². The summed E-state index contributed by atoms with van der Waals surface area (Å²) in [6, 6.07) is 0.975. The maximum atomic E-state index is 2.80. The van der Waals surface area contributed by atoms with Gasteiger partial charge < -0.3 is 4.90 Å². The van der Waals surface area contributed by atoms with E-state index >= 15 is 0 Å². The van der Waals surface area contributed by atoms with Gasteiger partial charge in [0.15, 0.2) is 0 Å². The van der Waals surface area contributed by atoms with E-state index in [1.807, 2.05) is 0 Å². The molecule has 0 spiro atoms. The zero-order valence-corrected chi connectivity index (χ0v) is 9.99. The van der Waals surface area contributed by atoms with Crippen LogP contribution in [-0.4, -0.2) is 48.6 Å². The topological polar surface area (TPSA) is 6.48 Å². The molecule has 15 heavy (non-hydrogen) atoms. The molecule has 3 atom stereocenters. The third kappa shape index (κ3) is 1.83. The Morgan fingerprint density at radius 1 is 1.00 bits per heavy atom. The van der Waals surface area contributed by atoms with E-state index in [-0.39, 0.29) is 0 Å². The molecule has 0 aromatic carbocycles. The average Bonchev–Trinajstić information content (AvgIpc) is 2.91. The highest BCUT2D eigenvalue weighted by atomic mass is 15.3. The normalized spacial score (nSPS) is 42.6. The predicted molar refractivity (Wildman–Crippen MR) is 62.9 cm³/mol. The number of piperazine rings is 1. The van der Waals surface area contributed by atoms with Gasteiger partial charge in [-0.2, -0.15) is 0 Å². The van der Waals surface area contributed by atoms with Crippen molar-refractivity contribution >= 4 is 0 Å². The van der Waals surface area contributed by atoms with Crippen LogP contribution in [0.5, 0.6) is 0 Å². The molecule has 3 fully saturated rings. The van der Waals surface area contributed by atoms with Crippen LogP contribution in [0.3, 0.4) is 0 Å². The number of hydrogen-bond donors (Lipinski definition) is 0. The number of likely N-dealkylation sites (N-methyl/N-ethyl adjacent to an activating group) is 1. The summed E-state index contributed by atoms with van der Waals surface area (Å²) in [5, 5.41) is 0. The first-order chi connectivity index (χ1) is 7.36. The van der Waals surface area contributed by atoms with Crippen molar-refractivity contribution in [1.29, 1.82) is 0 Å². The van der Waals surface area contributed by atoms with Crippen molar-refractivity contribution in [2.75, 3.05) is 32.7 Å². The summed E-state index contributed by atoms with van der Waals surface area (Å²) < 4.78 is 0. The lowest BCUT2D eigenvalue weighted by Crippen LogP contribution is -2.51. The molecule has 1 aliphatic heterocycles. The van der Waals surface area contributed by atoms with Crippen LogP contribution in [0.4, 0.5) is 0 Å². The van der Waals surface area contributed by atoms with Crippen molar-refractivity contribution in [2.24, 2.45) is 11.8 Å². The molecule has 2 aliphatic carbocycles. The van der Waals surface area contributed by atoms with E-state index in [4.69, 9.17) is 0 Å². The average molecular weight is 208 g/mol. The van der Waals surface area contributed by atoms with E-state index in [0.29, 0.717) is 0 Å². The fourth-order valence-corrected chi connectivity index (χ4v) is 4.07. The van der Waals surface area contributed by atoms with Crippen LogP contribution in [0, 0.1) is 11.8 Å². The summed E-state index contributed by atoms with van der Waals surface area (Å²) in [6.07, 6.45) is 6.15. The molecule has 0 radical (unpaired) electrons. The van der Waals surface area contributed by atoms with E-state index in [2.05, 4.69) is 16.7 Å². The van der Waals surface area contributed by atoms with Crippen LogP contribution in [0.15, 0.2) is 0 Å². The molecule has 1 heterocycles. The highest BCUT2D eigenvalue weighted by Crippen LogP contribution is 2.46. The molecule has 0 aromatic rings. The van der Waals surface area contributed by atoms with E-state index < -0.39 is 0 Å². The van der Waals surface area contributed by atoms with Gasteiger partial charge in [-0.15, -0.1) is 0 Å². The lowest BCUT2D eigenvalue weighted by Gasteiger charge is -2.40. The quantitative estimate of drug-likeness (QED) is 0.683. The summed E-state index contributed by atoms with van der Waals surface area (Å²) in [4.78, 5) is 5.39. The largest absolute Gasteiger partial charge is 0.301 e. The van der Waals surface area contributed by atoms with Crippen molar-refractivity contribution in [1.82, 2.24) is 9.80 Å². The second kappa shape index (κ2) is 4.06. The Balaban J connectivity index is 1.56. The molecule has 2 nitrogen and oxygen atoms in total. The lowest BCUT2D eigenvalue weighted by atomic mass is 9.93. The first kappa shape index (κ1) is 10.1. The molecule has 2 bridgehead atoms. The van der Waals surface area contributed by atoms with Gasteiger partial charge in [0.05, 0.1) is 0 Å². The number of rotatable bonds is 2. The van der Waals surface area contributed by atoms with Gasteiger partial charge in [-0.3, -0.25) is 4.90 Å². The molecular weight excluding hydrogens is 184 g/mol. The molecule has 86 valence electrons. The number of nitrogens with zero attached hydrogens (tertiary/aromatic N) is 2. The SMILES string of the molecule is CCN1CCN([C@@H]2C[C@H]3CC[C@@H]2C3)CC1. The Kier molecular flexibility index (Phi) is 2.73. The van der Waals surface area contributed by atoms with Gasteiger partial charge in [-0.25, -0.2) is 0 Å². The fourth-order valence-electron chi connectivity index (χ4n) is 4.07. The number of hydrogen-bond acceptors (Lipinski definition) is 2. The van der Waals surface area contributed by atoms with Crippen LogP contribution < -0.4 is 0 Å². The fraction of sp³-hybridized carbons (Fsp3) is 1.00. The Morgan fingerprint density at radius 2 is 1.80 bits per heavy atom. The lowest BCUT2D eigenvalue weighted by molar-refractivity contribution is 0.0737. The van der Waals surface area contributed by atoms with Crippen LogP contribution in [0.2, 0.25) is 0 Å². The zero-order valence-electron chi connectivity index (χ0n) is 9.99. The summed E-state index contributed by atoms with van der Waals surface area (Å²) in [6.45, 7) is 8.82. The third-order valence-electron chi connectivity index (χ3n) is 5.02. The molecule has 3 aliphatic rings. The summed E-state index contributed by atoms with van der Waals surface area (Å²) in [5.41, 5.74) is 0. The molecular formula is C13H24N2. The minimum atomic E-state index is 0.975. The molecule has 2 saturated carbocycles. The van der Waals surface area contributed by atoms with Gasteiger partial charge in [0.1, 0.15) is 0 Å². The van der Waals surface area contributed by atoms with Gasteiger partial charge in [0, 0.05) is 32.2 Å². The Bertz CT molecular complexity index is 221. The van der Waals surface area contributed by atoms with Crippen molar-refractivity contribution in [2.45, 2.75) is 38.6 Å². The van der Waals surface area contributed by atoms with Crippen LogP contribution >= 0.6 is 0 Å². The van der Waals surface area contributed by atoms with E-state index in [0.717, 1.165) is 17.9 Å². The molecule has 0 amide bonds. The molecule has 2 heteroatoms. The van der Waals surface area contributed by atoms with Gasteiger partial charge >= 0.3 is 0 Å². The van der Waals surface area contributed by atoms with E-state index in [1.54, 1.807) is 6.42 Å². The monoisotopic (exact) mass is 208 g/mol. The molecule has 0 N–H and O–H groups in total.